The normalized spacial score (nSPS) is 11.0. The first kappa shape index (κ1) is 13.8. The summed E-state index contributed by atoms with van der Waals surface area (Å²) in [6, 6.07) is 4.72. The van der Waals surface area contributed by atoms with Crippen LogP contribution in [0.3, 0.4) is 0 Å². The fourth-order valence-corrected chi connectivity index (χ4v) is 3.07. The van der Waals surface area contributed by atoms with Gasteiger partial charge in [0.05, 0.1) is 10.6 Å². The molecular weight excluding hydrogens is 289 g/mol. The molecule has 0 aliphatic carbocycles. The summed E-state index contributed by atoms with van der Waals surface area (Å²) in [4.78, 5) is 5.51. The van der Waals surface area contributed by atoms with E-state index in [1.165, 1.54) is 17.4 Å². The number of hydrogen-bond acceptors (Lipinski definition) is 5. The summed E-state index contributed by atoms with van der Waals surface area (Å²) in [5.74, 6) is 0.568. The third kappa shape index (κ3) is 2.31. The van der Waals surface area contributed by atoms with Gasteiger partial charge in [0, 0.05) is 10.4 Å². The lowest BCUT2D eigenvalue weighted by molar-refractivity contribution is 0.432. The van der Waals surface area contributed by atoms with Crippen molar-refractivity contribution >= 4 is 16.3 Å². The molecule has 108 valence electrons. The van der Waals surface area contributed by atoms with Crippen molar-refractivity contribution in [1.82, 2.24) is 10.1 Å². The molecule has 2 heterocycles. The molecule has 1 aromatic carbocycles. The summed E-state index contributed by atoms with van der Waals surface area (Å²) in [7, 11) is 0. The average Bonchev–Trinajstić information content (AvgIpc) is 2.99. The molecule has 2 aromatic heterocycles. The average molecular weight is 303 g/mol. The zero-order chi connectivity index (χ0) is 15.1. The monoisotopic (exact) mass is 303 g/mol. The number of nitrogens with zero attached hydrogens (tertiary/aromatic N) is 2. The highest BCUT2D eigenvalue weighted by atomic mass is 32.1. The van der Waals surface area contributed by atoms with Crippen molar-refractivity contribution in [2.24, 2.45) is 0 Å². The van der Waals surface area contributed by atoms with Crippen LogP contribution in [0.1, 0.15) is 16.0 Å². The predicted octanol–water partition coefficient (Wildman–Crippen LogP) is 4.11. The minimum absolute atomic E-state index is 0.254. The number of aryl methyl sites for hydroxylation is 2. The quantitative estimate of drug-likeness (QED) is 0.773. The summed E-state index contributed by atoms with van der Waals surface area (Å²) in [5.41, 5.74) is 9.10. The van der Waals surface area contributed by atoms with Gasteiger partial charge in [-0.05, 0) is 50.1 Å². The van der Waals surface area contributed by atoms with E-state index in [0.717, 1.165) is 16.0 Å². The van der Waals surface area contributed by atoms with Gasteiger partial charge in [-0.2, -0.15) is 4.98 Å². The summed E-state index contributed by atoms with van der Waals surface area (Å²) in [6.07, 6.45) is 0. The Balaban J connectivity index is 2.05. The molecular formula is C15H14FN3OS. The van der Waals surface area contributed by atoms with Crippen LogP contribution in [0, 0.1) is 26.6 Å². The second-order valence-corrected chi connectivity index (χ2v) is 6.17. The maximum Gasteiger partial charge on any atom is 0.261 e. The lowest BCUT2D eigenvalue weighted by atomic mass is 10.1. The van der Waals surface area contributed by atoms with E-state index < -0.39 is 0 Å². The summed E-state index contributed by atoms with van der Waals surface area (Å²) >= 11 is 1.50. The second kappa shape index (κ2) is 4.96. The van der Waals surface area contributed by atoms with Gasteiger partial charge >= 0.3 is 0 Å². The molecule has 21 heavy (non-hydrogen) atoms. The van der Waals surface area contributed by atoms with Crippen LogP contribution < -0.4 is 5.73 Å². The zero-order valence-electron chi connectivity index (χ0n) is 11.9. The first-order chi connectivity index (χ1) is 9.97. The summed E-state index contributed by atoms with van der Waals surface area (Å²) in [6.45, 7) is 5.67. The van der Waals surface area contributed by atoms with Gasteiger partial charge < -0.3 is 10.3 Å². The van der Waals surface area contributed by atoms with Crippen LogP contribution in [0.15, 0.2) is 22.7 Å². The SMILES string of the molecule is Cc1cc(-c2noc(-c3c(N)sc(C)c3C)n2)ccc1F. The molecule has 3 rings (SSSR count). The van der Waals surface area contributed by atoms with Crippen molar-refractivity contribution in [3.63, 3.8) is 0 Å². The number of nitrogen functional groups attached to an aromatic ring is 1. The van der Waals surface area contributed by atoms with E-state index in [1.54, 1.807) is 19.1 Å². The zero-order valence-corrected chi connectivity index (χ0v) is 12.7. The van der Waals surface area contributed by atoms with Crippen LogP contribution in [-0.4, -0.2) is 10.1 Å². The molecule has 0 bridgehead atoms. The minimum Gasteiger partial charge on any atom is -0.390 e. The highest BCUT2D eigenvalue weighted by Crippen LogP contribution is 2.37. The second-order valence-electron chi connectivity index (χ2n) is 4.91. The molecule has 2 N–H and O–H groups in total. The number of halogens is 1. The Morgan fingerprint density at radius 1 is 1.24 bits per heavy atom. The fourth-order valence-electron chi connectivity index (χ4n) is 2.15. The van der Waals surface area contributed by atoms with Gasteiger partial charge in [0.2, 0.25) is 5.82 Å². The smallest absolute Gasteiger partial charge is 0.261 e. The van der Waals surface area contributed by atoms with Crippen molar-refractivity contribution in [2.75, 3.05) is 5.73 Å². The number of nitrogens with two attached hydrogens (primary N) is 1. The molecule has 0 amide bonds. The lowest BCUT2D eigenvalue weighted by Crippen LogP contribution is -1.88. The number of benzene rings is 1. The molecule has 0 saturated heterocycles. The number of anilines is 1. The molecule has 0 atom stereocenters. The van der Waals surface area contributed by atoms with Crippen LogP contribution in [0.4, 0.5) is 9.39 Å². The van der Waals surface area contributed by atoms with Crippen molar-refractivity contribution in [2.45, 2.75) is 20.8 Å². The lowest BCUT2D eigenvalue weighted by Gasteiger charge is -1.98. The first-order valence-electron chi connectivity index (χ1n) is 6.43. The standard InChI is InChI=1S/C15H14FN3OS/c1-7-6-10(4-5-11(7)16)14-18-15(20-19-14)12-8(2)9(3)21-13(12)17/h4-6H,17H2,1-3H3. The topological polar surface area (TPSA) is 64.9 Å². The van der Waals surface area contributed by atoms with Crippen molar-refractivity contribution in [1.29, 1.82) is 0 Å². The number of aromatic nitrogens is 2. The Kier molecular flexibility index (Phi) is 3.25. The molecule has 3 aromatic rings. The van der Waals surface area contributed by atoms with Gasteiger partial charge in [-0.1, -0.05) is 5.16 Å². The Labute approximate surface area is 125 Å². The summed E-state index contributed by atoms with van der Waals surface area (Å²) in [5, 5.41) is 4.63. The minimum atomic E-state index is -0.254. The molecule has 6 heteroatoms. The van der Waals surface area contributed by atoms with Crippen molar-refractivity contribution in [3.8, 4) is 22.8 Å². The maximum atomic E-state index is 13.3. The van der Waals surface area contributed by atoms with Gasteiger partial charge in [-0.3, -0.25) is 0 Å². The fraction of sp³-hybridized carbons (Fsp3) is 0.200. The van der Waals surface area contributed by atoms with Crippen LogP contribution in [0.5, 0.6) is 0 Å². The van der Waals surface area contributed by atoms with Crippen molar-refractivity contribution in [3.05, 3.63) is 40.0 Å². The first-order valence-corrected chi connectivity index (χ1v) is 7.25. The Hall–Kier alpha value is -2.21. The van der Waals surface area contributed by atoms with E-state index in [9.17, 15) is 4.39 Å². The molecule has 0 radical (unpaired) electrons. The van der Waals surface area contributed by atoms with Crippen LogP contribution in [-0.2, 0) is 0 Å². The molecule has 0 fully saturated rings. The van der Waals surface area contributed by atoms with E-state index in [2.05, 4.69) is 10.1 Å². The van der Waals surface area contributed by atoms with Crippen molar-refractivity contribution < 1.29 is 8.91 Å². The largest absolute Gasteiger partial charge is 0.390 e. The van der Waals surface area contributed by atoms with Gasteiger partial charge in [0.25, 0.3) is 5.89 Å². The van der Waals surface area contributed by atoms with Gasteiger partial charge in [-0.15, -0.1) is 11.3 Å². The Bertz CT molecular complexity index is 822. The predicted molar refractivity (Wildman–Crippen MR) is 81.6 cm³/mol. The Morgan fingerprint density at radius 2 is 2.00 bits per heavy atom. The van der Waals surface area contributed by atoms with E-state index >= 15 is 0 Å². The van der Waals surface area contributed by atoms with Gasteiger partial charge in [0.1, 0.15) is 5.82 Å². The van der Waals surface area contributed by atoms with E-state index in [1.807, 2.05) is 13.8 Å². The molecule has 0 aliphatic heterocycles. The molecule has 0 unspecified atom stereocenters. The third-order valence-electron chi connectivity index (χ3n) is 3.47. The molecule has 4 nitrogen and oxygen atoms in total. The molecule has 0 saturated carbocycles. The maximum absolute atomic E-state index is 13.3. The number of thiophene rings is 1. The molecule has 0 spiro atoms. The molecule has 0 aliphatic rings. The van der Waals surface area contributed by atoms with Crippen LogP contribution in [0.25, 0.3) is 22.8 Å². The van der Waals surface area contributed by atoms with E-state index in [0.29, 0.717) is 27.8 Å². The van der Waals surface area contributed by atoms with Gasteiger partial charge in [0.15, 0.2) is 0 Å². The number of hydrogen-bond donors (Lipinski definition) is 1. The van der Waals surface area contributed by atoms with E-state index in [-0.39, 0.29) is 5.82 Å². The van der Waals surface area contributed by atoms with Crippen LogP contribution >= 0.6 is 11.3 Å². The van der Waals surface area contributed by atoms with E-state index in [4.69, 9.17) is 10.3 Å². The van der Waals surface area contributed by atoms with Crippen LogP contribution in [0.2, 0.25) is 0 Å². The third-order valence-corrected chi connectivity index (χ3v) is 4.50. The summed E-state index contributed by atoms with van der Waals surface area (Å²) < 4.78 is 18.6. The highest BCUT2D eigenvalue weighted by Gasteiger charge is 2.19. The highest BCUT2D eigenvalue weighted by molar-refractivity contribution is 7.16. The Morgan fingerprint density at radius 3 is 2.62 bits per heavy atom. The van der Waals surface area contributed by atoms with Gasteiger partial charge in [-0.25, -0.2) is 4.39 Å². The number of rotatable bonds is 2.